The van der Waals surface area contributed by atoms with E-state index in [-0.39, 0.29) is 29.3 Å². The van der Waals surface area contributed by atoms with Crippen molar-refractivity contribution in [1.82, 2.24) is 24.6 Å². The molecule has 0 aliphatic heterocycles. The molecule has 0 saturated heterocycles. The molecule has 0 bridgehead atoms. The molecule has 0 atom stereocenters. The Bertz CT molecular complexity index is 1260. The molecule has 0 saturated carbocycles. The van der Waals surface area contributed by atoms with Gasteiger partial charge in [-0.25, -0.2) is 0 Å². The van der Waals surface area contributed by atoms with E-state index >= 15 is 0 Å². The lowest BCUT2D eigenvalue weighted by atomic mass is 10.2. The highest BCUT2D eigenvalue weighted by Gasteiger charge is 2.16. The number of nitrogens with zero attached hydrogens (tertiary/aromatic N) is 4. The first-order valence-electron chi connectivity index (χ1n) is 9.63. The van der Waals surface area contributed by atoms with Crippen LogP contribution < -0.4 is 15.6 Å². The van der Waals surface area contributed by atoms with Gasteiger partial charge in [-0.15, -0.1) is 0 Å². The lowest BCUT2D eigenvalue weighted by Crippen LogP contribution is -2.27. The van der Waals surface area contributed by atoms with Crippen molar-refractivity contribution in [2.45, 2.75) is 6.54 Å². The van der Waals surface area contributed by atoms with Gasteiger partial charge in [-0.05, 0) is 23.8 Å². The second-order valence-electron chi connectivity index (χ2n) is 6.94. The standard InChI is InChI=1S/C23H21N5O3/c1-27-14-17(13-26-27)20-9-8-16(11-24-20)12-25-23(30)19-15-28(18-6-4-3-5-7-18)22(29)10-21(19)31-2/h3-11,13-15H,12H2,1-2H3,(H,25,30). The van der Waals surface area contributed by atoms with Crippen molar-refractivity contribution >= 4 is 5.91 Å². The van der Waals surface area contributed by atoms with Crippen molar-refractivity contribution in [3.63, 3.8) is 0 Å². The number of benzene rings is 1. The quantitative estimate of drug-likeness (QED) is 0.523. The van der Waals surface area contributed by atoms with E-state index in [1.165, 1.54) is 23.9 Å². The third-order valence-electron chi connectivity index (χ3n) is 4.79. The number of para-hydroxylation sites is 1. The van der Waals surface area contributed by atoms with Gasteiger partial charge in [0.05, 0.1) is 24.6 Å². The summed E-state index contributed by atoms with van der Waals surface area (Å²) >= 11 is 0. The molecule has 0 radical (unpaired) electrons. The summed E-state index contributed by atoms with van der Waals surface area (Å²) in [7, 11) is 3.28. The van der Waals surface area contributed by atoms with E-state index in [0.29, 0.717) is 5.69 Å². The molecule has 1 amide bonds. The lowest BCUT2D eigenvalue weighted by Gasteiger charge is -2.13. The van der Waals surface area contributed by atoms with Crippen LogP contribution in [-0.4, -0.2) is 32.3 Å². The van der Waals surface area contributed by atoms with E-state index in [9.17, 15) is 9.59 Å². The van der Waals surface area contributed by atoms with Crippen molar-refractivity contribution in [2.75, 3.05) is 7.11 Å². The Morgan fingerprint density at radius 3 is 2.55 bits per heavy atom. The number of amides is 1. The highest BCUT2D eigenvalue weighted by Crippen LogP contribution is 2.18. The Morgan fingerprint density at radius 1 is 1.10 bits per heavy atom. The van der Waals surface area contributed by atoms with Crippen molar-refractivity contribution in [3.05, 3.63) is 94.8 Å². The first-order chi connectivity index (χ1) is 15.0. The maximum atomic E-state index is 12.8. The molecule has 0 spiro atoms. The second-order valence-corrected chi connectivity index (χ2v) is 6.94. The summed E-state index contributed by atoms with van der Waals surface area (Å²) in [6.45, 7) is 0.284. The van der Waals surface area contributed by atoms with Crippen LogP contribution in [0.4, 0.5) is 0 Å². The van der Waals surface area contributed by atoms with Crippen LogP contribution in [0.15, 0.2) is 78.1 Å². The summed E-state index contributed by atoms with van der Waals surface area (Å²) < 4.78 is 8.40. The predicted octanol–water partition coefficient (Wildman–Crippen LogP) is 2.57. The number of rotatable bonds is 6. The fourth-order valence-corrected chi connectivity index (χ4v) is 3.18. The van der Waals surface area contributed by atoms with Gasteiger partial charge in [0.1, 0.15) is 5.75 Å². The van der Waals surface area contributed by atoms with Crippen LogP contribution in [0.3, 0.4) is 0 Å². The molecule has 4 rings (SSSR count). The van der Waals surface area contributed by atoms with Crippen molar-refractivity contribution in [1.29, 1.82) is 0 Å². The number of carbonyl (C=O) groups is 1. The summed E-state index contributed by atoms with van der Waals surface area (Å²) in [4.78, 5) is 29.7. The smallest absolute Gasteiger partial charge is 0.258 e. The average molecular weight is 415 g/mol. The van der Waals surface area contributed by atoms with E-state index in [1.54, 1.807) is 29.2 Å². The van der Waals surface area contributed by atoms with Crippen LogP contribution in [0.2, 0.25) is 0 Å². The van der Waals surface area contributed by atoms with Gasteiger partial charge < -0.3 is 10.1 Å². The van der Waals surface area contributed by atoms with Gasteiger partial charge in [-0.1, -0.05) is 24.3 Å². The van der Waals surface area contributed by atoms with Crippen LogP contribution in [-0.2, 0) is 13.6 Å². The van der Waals surface area contributed by atoms with Gasteiger partial charge in [0.2, 0.25) is 0 Å². The number of nitrogens with one attached hydrogen (secondary N) is 1. The number of carbonyl (C=O) groups excluding carboxylic acids is 1. The molecule has 156 valence electrons. The molecule has 31 heavy (non-hydrogen) atoms. The van der Waals surface area contributed by atoms with Crippen LogP contribution in [0.5, 0.6) is 5.75 Å². The highest BCUT2D eigenvalue weighted by atomic mass is 16.5. The zero-order valence-corrected chi connectivity index (χ0v) is 17.1. The Labute approximate surface area is 178 Å². The molecule has 1 aromatic carbocycles. The molecule has 8 nitrogen and oxygen atoms in total. The largest absolute Gasteiger partial charge is 0.496 e. The summed E-state index contributed by atoms with van der Waals surface area (Å²) in [6.07, 6.45) is 6.84. The first-order valence-corrected chi connectivity index (χ1v) is 9.63. The molecule has 0 unspecified atom stereocenters. The van der Waals surface area contributed by atoms with Gasteiger partial charge in [0, 0.05) is 49.5 Å². The lowest BCUT2D eigenvalue weighted by molar-refractivity contribution is 0.0947. The monoisotopic (exact) mass is 415 g/mol. The Hall–Kier alpha value is -4.20. The molecule has 3 aromatic heterocycles. The van der Waals surface area contributed by atoms with Crippen molar-refractivity contribution in [3.8, 4) is 22.7 Å². The summed E-state index contributed by atoms with van der Waals surface area (Å²) in [5.41, 5.74) is 3.22. The Balaban J connectivity index is 1.52. The molecule has 4 aromatic rings. The highest BCUT2D eigenvalue weighted by molar-refractivity contribution is 5.96. The molecule has 8 heteroatoms. The molecule has 0 fully saturated rings. The van der Waals surface area contributed by atoms with Crippen molar-refractivity contribution in [2.24, 2.45) is 7.05 Å². The molecule has 0 aliphatic carbocycles. The number of pyridine rings is 2. The first kappa shape index (κ1) is 20.1. The van der Waals surface area contributed by atoms with Gasteiger partial charge in [-0.3, -0.25) is 23.8 Å². The van der Waals surface area contributed by atoms with E-state index in [0.717, 1.165) is 16.8 Å². The van der Waals surface area contributed by atoms with Crippen LogP contribution in [0.1, 0.15) is 15.9 Å². The number of aryl methyl sites for hydroxylation is 1. The minimum Gasteiger partial charge on any atom is -0.496 e. The number of methoxy groups -OCH3 is 1. The van der Waals surface area contributed by atoms with Crippen LogP contribution in [0.25, 0.3) is 16.9 Å². The maximum absolute atomic E-state index is 12.8. The minimum atomic E-state index is -0.349. The number of aromatic nitrogens is 4. The van der Waals surface area contributed by atoms with E-state index in [1.807, 2.05) is 43.6 Å². The minimum absolute atomic E-state index is 0.222. The third kappa shape index (κ3) is 4.37. The molecule has 1 N–H and O–H groups in total. The summed E-state index contributed by atoms with van der Waals surface area (Å²) in [5, 5.41) is 7.00. The van der Waals surface area contributed by atoms with Gasteiger partial charge >= 0.3 is 0 Å². The molecule has 3 heterocycles. The van der Waals surface area contributed by atoms with E-state index < -0.39 is 0 Å². The van der Waals surface area contributed by atoms with E-state index in [4.69, 9.17) is 4.74 Å². The third-order valence-corrected chi connectivity index (χ3v) is 4.79. The van der Waals surface area contributed by atoms with Gasteiger partial charge in [-0.2, -0.15) is 5.10 Å². The number of ether oxygens (including phenoxy) is 1. The second kappa shape index (κ2) is 8.66. The van der Waals surface area contributed by atoms with E-state index in [2.05, 4.69) is 15.4 Å². The van der Waals surface area contributed by atoms with Gasteiger partial charge in [0.25, 0.3) is 11.5 Å². The predicted molar refractivity (Wildman–Crippen MR) is 116 cm³/mol. The van der Waals surface area contributed by atoms with Crippen LogP contribution in [0, 0.1) is 0 Å². The maximum Gasteiger partial charge on any atom is 0.258 e. The fourth-order valence-electron chi connectivity index (χ4n) is 3.18. The molecular formula is C23H21N5O3. The summed E-state index contributed by atoms with van der Waals surface area (Å²) in [5.74, 6) is -0.127. The Morgan fingerprint density at radius 2 is 1.90 bits per heavy atom. The SMILES string of the molecule is COc1cc(=O)n(-c2ccccc2)cc1C(=O)NCc1ccc(-c2cnn(C)c2)nc1. The zero-order chi connectivity index (χ0) is 21.8. The topological polar surface area (TPSA) is 91.0 Å². The van der Waals surface area contributed by atoms with Gasteiger partial charge in [0.15, 0.2) is 0 Å². The number of hydrogen-bond acceptors (Lipinski definition) is 5. The molecule has 0 aliphatic rings. The zero-order valence-electron chi connectivity index (χ0n) is 17.1. The molecular weight excluding hydrogens is 394 g/mol. The van der Waals surface area contributed by atoms with Crippen molar-refractivity contribution < 1.29 is 9.53 Å². The number of hydrogen-bond donors (Lipinski definition) is 1. The normalized spacial score (nSPS) is 10.6. The average Bonchev–Trinajstić information content (AvgIpc) is 3.24. The Kier molecular flexibility index (Phi) is 5.61. The fraction of sp³-hybridized carbons (Fsp3) is 0.130. The van der Waals surface area contributed by atoms with Crippen LogP contribution >= 0.6 is 0 Å². The summed E-state index contributed by atoms with van der Waals surface area (Å²) in [6, 6.07) is 14.2.